The van der Waals surface area contributed by atoms with Crippen LogP contribution in [0, 0.1) is 5.92 Å². The number of anilines is 1. The van der Waals surface area contributed by atoms with Crippen LogP contribution in [-0.2, 0) is 9.59 Å². The van der Waals surface area contributed by atoms with E-state index >= 15 is 0 Å². The highest BCUT2D eigenvalue weighted by atomic mass is 16.2. The molecular weight excluding hydrogens is 230 g/mol. The van der Waals surface area contributed by atoms with Crippen LogP contribution >= 0.6 is 0 Å². The number of carbonyl (C=O) groups excluding carboxylic acids is 2. The highest BCUT2D eigenvalue weighted by Crippen LogP contribution is 2.19. The average Bonchev–Trinajstić information content (AvgIpc) is 2.41. The molecule has 2 atom stereocenters. The van der Waals surface area contributed by atoms with Crippen LogP contribution in [0.1, 0.15) is 20.3 Å². The molecule has 0 saturated carbocycles. The van der Waals surface area contributed by atoms with E-state index in [4.69, 9.17) is 0 Å². The first-order chi connectivity index (χ1) is 8.63. The second-order valence-corrected chi connectivity index (χ2v) is 4.57. The van der Waals surface area contributed by atoms with Crippen molar-refractivity contribution in [3.05, 3.63) is 24.5 Å². The van der Waals surface area contributed by atoms with Gasteiger partial charge in [0.1, 0.15) is 12.6 Å². The Morgan fingerprint density at radius 1 is 1.56 bits per heavy atom. The standard InChI is InChI=1S/C13H17N3O2/c1-3-9(2)12-13(18)16(8-11(17)15-12)10-5-4-6-14-7-10/h4-7,9,12H,3,8H2,1-2H3,(H,15,17). The molecule has 1 aliphatic heterocycles. The molecule has 0 aromatic carbocycles. The molecule has 0 radical (unpaired) electrons. The van der Waals surface area contributed by atoms with Gasteiger partial charge in [0.15, 0.2) is 0 Å². The lowest BCUT2D eigenvalue weighted by atomic mass is 9.96. The Morgan fingerprint density at radius 2 is 2.33 bits per heavy atom. The van der Waals surface area contributed by atoms with Gasteiger partial charge in [0, 0.05) is 6.20 Å². The van der Waals surface area contributed by atoms with Crippen molar-refractivity contribution in [3.63, 3.8) is 0 Å². The van der Waals surface area contributed by atoms with Crippen molar-refractivity contribution in [2.75, 3.05) is 11.4 Å². The predicted molar refractivity (Wildman–Crippen MR) is 68.0 cm³/mol. The van der Waals surface area contributed by atoms with Gasteiger partial charge in [0.25, 0.3) is 0 Å². The van der Waals surface area contributed by atoms with Gasteiger partial charge in [-0.2, -0.15) is 0 Å². The summed E-state index contributed by atoms with van der Waals surface area (Å²) in [7, 11) is 0. The molecule has 0 bridgehead atoms. The summed E-state index contributed by atoms with van der Waals surface area (Å²) in [6.45, 7) is 4.04. The molecule has 1 saturated heterocycles. The zero-order valence-electron chi connectivity index (χ0n) is 10.6. The van der Waals surface area contributed by atoms with Crippen molar-refractivity contribution < 1.29 is 9.59 Å². The predicted octanol–water partition coefficient (Wildman–Crippen LogP) is 0.959. The van der Waals surface area contributed by atoms with E-state index in [2.05, 4.69) is 10.3 Å². The van der Waals surface area contributed by atoms with Crippen LogP contribution in [0.3, 0.4) is 0 Å². The van der Waals surface area contributed by atoms with E-state index in [-0.39, 0.29) is 24.3 Å². The van der Waals surface area contributed by atoms with Gasteiger partial charge in [0.2, 0.25) is 11.8 Å². The van der Waals surface area contributed by atoms with Gasteiger partial charge in [0.05, 0.1) is 11.9 Å². The fourth-order valence-corrected chi connectivity index (χ4v) is 2.02. The minimum absolute atomic E-state index is 0.0584. The van der Waals surface area contributed by atoms with E-state index in [1.165, 1.54) is 4.90 Å². The molecule has 5 nitrogen and oxygen atoms in total. The molecule has 18 heavy (non-hydrogen) atoms. The number of amides is 2. The van der Waals surface area contributed by atoms with E-state index < -0.39 is 6.04 Å². The largest absolute Gasteiger partial charge is 0.342 e. The van der Waals surface area contributed by atoms with Crippen LogP contribution in [0.25, 0.3) is 0 Å². The number of aromatic nitrogens is 1. The molecule has 0 aliphatic carbocycles. The molecule has 96 valence electrons. The van der Waals surface area contributed by atoms with E-state index in [0.29, 0.717) is 5.69 Å². The third-order valence-electron chi connectivity index (χ3n) is 3.32. The van der Waals surface area contributed by atoms with E-state index in [1.54, 1.807) is 24.5 Å². The number of pyridine rings is 1. The highest BCUT2D eigenvalue weighted by Gasteiger charge is 2.36. The second-order valence-electron chi connectivity index (χ2n) is 4.57. The first-order valence-corrected chi connectivity index (χ1v) is 6.14. The van der Waals surface area contributed by atoms with Crippen LogP contribution in [-0.4, -0.2) is 29.4 Å². The minimum atomic E-state index is -0.434. The summed E-state index contributed by atoms with van der Waals surface area (Å²) in [6.07, 6.45) is 4.09. The summed E-state index contributed by atoms with van der Waals surface area (Å²) in [5.74, 6) is -0.0541. The molecule has 2 amide bonds. The Bertz CT molecular complexity index is 447. The summed E-state index contributed by atoms with van der Waals surface area (Å²) >= 11 is 0. The molecule has 2 heterocycles. The smallest absolute Gasteiger partial charge is 0.250 e. The quantitative estimate of drug-likeness (QED) is 0.865. The average molecular weight is 247 g/mol. The molecule has 1 N–H and O–H groups in total. The monoisotopic (exact) mass is 247 g/mol. The Balaban J connectivity index is 2.26. The Hall–Kier alpha value is -1.91. The SMILES string of the molecule is CCC(C)C1NC(=O)CN(c2cccnc2)C1=O. The van der Waals surface area contributed by atoms with Gasteiger partial charge in [-0.25, -0.2) is 0 Å². The summed E-state index contributed by atoms with van der Waals surface area (Å²) in [6, 6.07) is 3.11. The van der Waals surface area contributed by atoms with Crippen molar-refractivity contribution in [1.82, 2.24) is 10.3 Å². The number of carbonyl (C=O) groups is 2. The van der Waals surface area contributed by atoms with Gasteiger partial charge >= 0.3 is 0 Å². The maximum absolute atomic E-state index is 12.4. The second kappa shape index (κ2) is 5.16. The van der Waals surface area contributed by atoms with Crippen LogP contribution in [0.4, 0.5) is 5.69 Å². The number of nitrogens with zero attached hydrogens (tertiary/aromatic N) is 2. The molecule has 2 rings (SSSR count). The molecule has 1 aromatic heterocycles. The fourth-order valence-electron chi connectivity index (χ4n) is 2.02. The summed E-state index contributed by atoms with van der Waals surface area (Å²) < 4.78 is 0. The van der Waals surface area contributed by atoms with E-state index in [1.807, 2.05) is 13.8 Å². The Labute approximate surface area is 106 Å². The molecule has 2 unspecified atom stereocenters. The van der Waals surface area contributed by atoms with Gasteiger partial charge in [-0.05, 0) is 18.1 Å². The molecular formula is C13H17N3O2. The Morgan fingerprint density at radius 3 is 2.94 bits per heavy atom. The van der Waals surface area contributed by atoms with E-state index in [0.717, 1.165) is 6.42 Å². The number of hydrogen-bond donors (Lipinski definition) is 1. The van der Waals surface area contributed by atoms with Gasteiger partial charge < -0.3 is 5.32 Å². The molecule has 1 fully saturated rings. The molecule has 1 aromatic rings. The van der Waals surface area contributed by atoms with Crippen molar-refractivity contribution in [2.24, 2.45) is 5.92 Å². The summed E-state index contributed by atoms with van der Waals surface area (Å²) in [5.41, 5.74) is 0.672. The molecule has 1 aliphatic rings. The van der Waals surface area contributed by atoms with Gasteiger partial charge in [-0.1, -0.05) is 20.3 Å². The maximum Gasteiger partial charge on any atom is 0.250 e. The van der Waals surface area contributed by atoms with Crippen molar-refractivity contribution >= 4 is 17.5 Å². The summed E-state index contributed by atoms with van der Waals surface area (Å²) in [5, 5.41) is 2.77. The lowest BCUT2D eigenvalue weighted by molar-refractivity contribution is -0.132. The minimum Gasteiger partial charge on any atom is -0.342 e. The molecule has 5 heteroatoms. The van der Waals surface area contributed by atoms with Gasteiger partial charge in [-0.15, -0.1) is 0 Å². The number of piperazine rings is 1. The fraction of sp³-hybridized carbons (Fsp3) is 0.462. The number of hydrogen-bond acceptors (Lipinski definition) is 3. The van der Waals surface area contributed by atoms with Crippen LogP contribution < -0.4 is 10.2 Å². The lowest BCUT2D eigenvalue weighted by Gasteiger charge is -2.34. The highest BCUT2D eigenvalue weighted by molar-refractivity contribution is 6.06. The van der Waals surface area contributed by atoms with Crippen molar-refractivity contribution in [3.8, 4) is 0 Å². The maximum atomic E-state index is 12.4. The van der Waals surface area contributed by atoms with Crippen molar-refractivity contribution in [1.29, 1.82) is 0 Å². The normalized spacial score (nSPS) is 21.7. The topological polar surface area (TPSA) is 62.3 Å². The molecule has 0 spiro atoms. The van der Waals surface area contributed by atoms with Crippen molar-refractivity contribution in [2.45, 2.75) is 26.3 Å². The zero-order valence-corrected chi connectivity index (χ0v) is 10.6. The van der Waals surface area contributed by atoms with E-state index in [9.17, 15) is 9.59 Å². The van der Waals surface area contributed by atoms with Crippen LogP contribution in [0.2, 0.25) is 0 Å². The number of nitrogens with one attached hydrogen (secondary N) is 1. The Kier molecular flexibility index (Phi) is 3.60. The van der Waals surface area contributed by atoms with Crippen LogP contribution in [0.5, 0.6) is 0 Å². The number of rotatable bonds is 3. The first kappa shape index (κ1) is 12.5. The van der Waals surface area contributed by atoms with Crippen LogP contribution in [0.15, 0.2) is 24.5 Å². The summed E-state index contributed by atoms with van der Waals surface area (Å²) in [4.78, 5) is 29.5. The van der Waals surface area contributed by atoms with Gasteiger partial charge in [-0.3, -0.25) is 19.5 Å². The zero-order chi connectivity index (χ0) is 13.1. The lowest BCUT2D eigenvalue weighted by Crippen LogP contribution is -2.60. The first-order valence-electron chi connectivity index (χ1n) is 6.14. The third-order valence-corrected chi connectivity index (χ3v) is 3.32. The third kappa shape index (κ3) is 2.34.